The molecule has 0 bridgehead atoms. The molecule has 0 spiro atoms. The van der Waals surface area contributed by atoms with Crippen molar-refractivity contribution in [2.24, 2.45) is 11.8 Å². The van der Waals surface area contributed by atoms with E-state index < -0.39 is 25.0 Å². The predicted molar refractivity (Wildman–Crippen MR) is 91.1 cm³/mol. The molecule has 4 heteroatoms. The summed E-state index contributed by atoms with van der Waals surface area (Å²) in [5.41, 5.74) is 0.927. The maximum atomic E-state index is 10.7. The number of methoxy groups -OCH3 is 2. The number of aliphatic hydroxyl groups excluding tert-OH is 1. The Balaban J connectivity index is 2.12. The van der Waals surface area contributed by atoms with E-state index in [0.29, 0.717) is 35.9 Å². The highest BCUT2D eigenvalue weighted by molar-refractivity contribution is 5.49. The third-order valence-electron chi connectivity index (χ3n) is 4.84. The summed E-state index contributed by atoms with van der Waals surface area (Å²) in [4.78, 5) is 1.60. The average molecular weight is 323 g/mol. The number of fused-ring (bicyclic) bond motifs is 3. The summed E-state index contributed by atoms with van der Waals surface area (Å²) < 4.78 is 45.1. The molecule has 1 aromatic rings. The molecule has 2 heterocycles. The van der Waals surface area contributed by atoms with Gasteiger partial charge in [0.15, 0.2) is 11.5 Å². The van der Waals surface area contributed by atoms with E-state index in [4.69, 9.17) is 15.0 Å². The first-order chi connectivity index (χ1) is 12.5. The van der Waals surface area contributed by atoms with Gasteiger partial charge in [-0.2, -0.15) is 0 Å². The number of ether oxygens (including phenoxy) is 2. The van der Waals surface area contributed by atoms with Crippen molar-refractivity contribution in [3.8, 4) is 11.5 Å². The van der Waals surface area contributed by atoms with Crippen molar-refractivity contribution in [3.05, 3.63) is 23.3 Å². The second-order valence-electron chi connectivity index (χ2n) is 6.89. The number of aryl methyl sites for hydroxylation is 1. The molecule has 3 atom stereocenters. The molecule has 23 heavy (non-hydrogen) atoms. The molecule has 2 aliphatic heterocycles. The van der Waals surface area contributed by atoms with Gasteiger partial charge >= 0.3 is 0 Å². The SMILES string of the molecule is [2H]C1([2H])c2cc(OC)c(OC)cc2C2CC(O)C(CC(C)C)CN2C1([2H])[2H]. The summed E-state index contributed by atoms with van der Waals surface area (Å²) in [6.07, 6.45) is -1.62. The molecule has 0 aliphatic carbocycles. The standard InChI is InChI=1S/C19H29NO3/c1-12(2)7-14-11-20-6-5-13-8-18(22-3)19(23-4)9-15(13)16(20)10-17(14)21/h8-9,12,14,16-17,21H,5-7,10-11H2,1-4H3/i5D2,6D2. The number of hydrogen-bond acceptors (Lipinski definition) is 4. The van der Waals surface area contributed by atoms with Crippen LogP contribution in [0.3, 0.4) is 0 Å². The Kier molecular flexibility index (Phi) is 3.54. The highest BCUT2D eigenvalue weighted by atomic mass is 16.5. The van der Waals surface area contributed by atoms with Gasteiger partial charge in [0.05, 0.1) is 20.3 Å². The quantitative estimate of drug-likeness (QED) is 0.925. The molecule has 0 saturated carbocycles. The van der Waals surface area contributed by atoms with E-state index in [9.17, 15) is 5.11 Å². The van der Waals surface area contributed by atoms with Gasteiger partial charge in [-0.05, 0) is 54.3 Å². The molecule has 1 aromatic carbocycles. The van der Waals surface area contributed by atoms with E-state index in [1.807, 2.05) is 0 Å². The molecule has 0 aromatic heterocycles. The van der Waals surface area contributed by atoms with E-state index in [1.54, 1.807) is 11.0 Å². The van der Waals surface area contributed by atoms with Crippen LogP contribution < -0.4 is 9.47 Å². The van der Waals surface area contributed by atoms with Gasteiger partial charge in [0, 0.05) is 24.6 Å². The lowest BCUT2D eigenvalue weighted by Crippen LogP contribution is -2.48. The number of aliphatic hydroxyl groups is 1. The molecule has 4 nitrogen and oxygen atoms in total. The monoisotopic (exact) mass is 323 g/mol. The summed E-state index contributed by atoms with van der Waals surface area (Å²) in [6, 6.07) is 2.86. The van der Waals surface area contributed by atoms with Crippen molar-refractivity contribution >= 4 is 0 Å². The molecular weight excluding hydrogens is 290 g/mol. The fourth-order valence-electron chi connectivity index (χ4n) is 3.72. The van der Waals surface area contributed by atoms with Crippen LogP contribution in [0, 0.1) is 11.8 Å². The van der Waals surface area contributed by atoms with E-state index in [2.05, 4.69) is 13.8 Å². The highest BCUT2D eigenvalue weighted by Crippen LogP contribution is 2.43. The summed E-state index contributed by atoms with van der Waals surface area (Å²) in [5, 5.41) is 10.7. The summed E-state index contributed by atoms with van der Waals surface area (Å²) in [7, 11) is 3.00. The Morgan fingerprint density at radius 3 is 2.65 bits per heavy atom. The largest absolute Gasteiger partial charge is 0.493 e. The highest BCUT2D eigenvalue weighted by Gasteiger charge is 2.38. The molecule has 1 N–H and O–H groups in total. The van der Waals surface area contributed by atoms with Gasteiger partial charge in [0.2, 0.25) is 0 Å². The molecule has 3 unspecified atom stereocenters. The van der Waals surface area contributed by atoms with Crippen LogP contribution >= 0.6 is 0 Å². The smallest absolute Gasteiger partial charge is 0.161 e. The zero-order valence-corrected chi connectivity index (χ0v) is 14.3. The van der Waals surface area contributed by atoms with Gasteiger partial charge in [-0.25, -0.2) is 0 Å². The predicted octanol–water partition coefficient (Wildman–Crippen LogP) is 3.03. The van der Waals surface area contributed by atoms with Crippen LogP contribution in [0.25, 0.3) is 0 Å². The molecule has 0 radical (unpaired) electrons. The lowest BCUT2D eigenvalue weighted by Gasteiger charge is -2.46. The van der Waals surface area contributed by atoms with Crippen LogP contribution in [-0.4, -0.2) is 43.4 Å². The van der Waals surface area contributed by atoms with Crippen molar-refractivity contribution in [2.45, 2.75) is 45.2 Å². The number of rotatable bonds is 4. The molecule has 0 amide bonds. The lowest BCUT2D eigenvalue weighted by atomic mass is 9.79. The minimum absolute atomic E-state index is 0.0752. The summed E-state index contributed by atoms with van der Waals surface area (Å²) in [5.74, 6) is 1.16. The Bertz CT molecular complexity index is 710. The lowest BCUT2D eigenvalue weighted by molar-refractivity contribution is -0.0191. The van der Waals surface area contributed by atoms with Crippen LogP contribution in [0.1, 0.15) is 49.3 Å². The van der Waals surface area contributed by atoms with Gasteiger partial charge in [0.1, 0.15) is 0 Å². The minimum Gasteiger partial charge on any atom is -0.493 e. The number of piperidine rings is 1. The first kappa shape index (κ1) is 12.2. The Hall–Kier alpha value is -1.26. The molecular formula is C19H29NO3. The molecule has 1 fully saturated rings. The average Bonchev–Trinajstić information content (AvgIpc) is 2.60. The van der Waals surface area contributed by atoms with E-state index in [0.717, 1.165) is 6.42 Å². The molecule has 3 rings (SSSR count). The van der Waals surface area contributed by atoms with Crippen LogP contribution in [0.2, 0.25) is 0 Å². The molecule has 2 aliphatic rings. The minimum atomic E-state index is -2.22. The normalized spacial score (nSPS) is 34.4. The first-order valence-electron chi connectivity index (χ1n) is 10.3. The van der Waals surface area contributed by atoms with Crippen molar-refractivity contribution in [2.75, 3.05) is 27.3 Å². The van der Waals surface area contributed by atoms with Crippen molar-refractivity contribution in [3.63, 3.8) is 0 Å². The van der Waals surface area contributed by atoms with Gasteiger partial charge in [-0.3, -0.25) is 4.90 Å². The zero-order valence-electron chi connectivity index (χ0n) is 18.3. The van der Waals surface area contributed by atoms with Gasteiger partial charge in [-0.1, -0.05) is 13.8 Å². The number of benzene rings is 1. The fraction of sp³-hybridized carbons (Fsp3) is 0.684. The van der Waals surface area contributed by atoms with Crippen molar-refractivity contribution in [1.82, 2.24) is 4.90 Å². The fourth-order valence-corrected chi connectivity index (χ4v) is 3.72. The van der Waals surface area contributed by atoms with Gasteiger partial charge in [0.25, 0.3) is 0 Å². The second-order valence-corrected chi connectivity index (χ2v) is 6.89. The number of nitrogens with zero attached hydrogens (tertiary/aromatic N) is 1. The first-order valence-corrected chi connectivity index (χ1v) is 8.25. The van der Waals surface area contributed by atoms with Crippen LogP contribution in [0.4, 0.5) is 0 Å². The van der Waals surface area contributed by atoms with Gasteiger partial charge in [-0.15, -0.1) is 0 Å². The van der Waals surface area contributed by atoms with Crippen LogP contribution in [0.5, 0.6) is 11.5 Å². The summed E-state index contributed by atoms with van der Waals surface area (Å²) in [6.45, 7) is 2.29. The maximum absolute atomic E-state index is 10.7. The van der Waals surface area contributed by atoms with Gasteiger partial charge < -0.3 is 14.6 Å². The van der Waals surface area contributed by atoms with Crippen LogP contribution in [-0.2, 0) is 6.37 Å². The molecule has 128 valence electrons. The maximum Gasteiger partial charge on any atom is 0.161 e. The van der Waals surface area contributed by atoms with Crippen molar-refractivity contribution in [1.29, 1.82) is 0 Å². The topological polar surface area (TPSA) is 41.9 Å². The zero-order chi connectivity index (χ0) is 20.1. The third-order valence-corrected chi connectivity index (χ3v) is 4.84. The second kappa shape index (κ2) is 6.70. The Morgan fingerprint density at radius 1 is 1.30 bits per heavy atom. The van der Waals surface area contributed by atoms with E-state index in [1.165, 1.54) is 20.3 Å². The number of hydrogen-bond donors (Lipinski definition) is 1. The van der Waals surface area contributed by atoms with Crippen molar-refractivity contribution < 1.29 is 20.1 Å². The Labute approximate surface area is 145 Å². The molecule has 1 saturated heterocycles. The van der Waals surface area contributed by atoms with Crippen LogP contribution in [0.15, 0.2) is 12.1 Å². The van der Waals surface area contributed by atoms with E-state index >= 15 is 0 Å². The summed E-state index contributed by atoms with van der Waals surface area (Å²) >= 11 is 0. The third kappa shape index (κ3) is 3.20. The van der Waals surface area contributed by atoms with E-state index in [-0.39, 0.29) is 11.5 Å². The Morgan fingerprint density at radius 2 is 2.00 bits per heavy atom.